The van der Waals surface area contributed by atoms with Gasteiger partial charge in [-0.05, 0) is 49.4 Å². The minimum Gasteiger partial charge on any atom is -0.377 e. The summed E-state index contributed by atoms with van der Waals surface area (Å²) in [5.74, 6) is 0.596. The summed E-state index contributed by atoms with van der Waals surface area (Å²) >= 11 is 7.26. The smallest absolute Gasteiger partial charge is 0.281 e. The minimum absolute atomic E-state index is 0.115. The zero-order valence-electron chi connectivity index (χ0n) is 22.3. The number of piperidine rings is 1. The summed E-state index contributed by atoms with van der Waals surface area (Å²) in [4.78, 5) is 37.6. The molecule has 1 saturated heterocycles. The van der Waals surface area contributed by atoms with E-state index in [1.54, 1.807) is 30.0 Å². The van der Waals surface area contributed by atoms with Crippen LogP contribution in [0.4, 0.5) is 16.0 Å². The largest absolute Gasteiger partial charge is 0.377 e. The predicted octanol–water partition coefficient (Wildman–Crippen LogP) is 4.18. The Hall–Kier alpha value is -3.64. The molecule has 2 fully saturated rings. The fourth-order valence-electron chi connectivity index (χ4n) is 5.96. The van der Waals surface area contributed by atoms with Crippen molar-refractivity contribution in [2.24, 2.45) is 18.9 Å². The number of aromatic amines is 1. The first-order valence-corrected chi connectivity index (χ1v) is 14.5. The number of aryl methyl sites for hydroxylation is 1. The summed E-state index contributed by atoms with van der Waals surface area (Å²) in [5, 5.41) is 10.7. The van der Waals surface area contributed by atoms with Crippen LogP contribution in [0.2, 0.25) is 5.15 Å². The van der Waals surface area contributed by atoms with Crippen LogP contribution in [-0.4, -0.2) is 50.0 Å². The Labute approximate surface area is 238 Å². The highest BCUT2D eigenvalue weighted by molar-refractivity contribution is 7.97. The normalized spacial score (nSPS) is 20.4. The molecule has 4 aromatic rings. The van der Waals surface area contributed by atoms with Crippen molar-refractivity contribution >= 4 is 52.0 Å². The zero-order chi connectivity index (χ0) is 28.3. The Kier molecular flexibility index (Phi) is 6.70. The van der Waals surface area contributed by atoms with E-state index in [0.29, 0.717) is 41.3 Å². The number of amides is 1. The van der Waals surface area contributed by atoms with E-state index < -0.39 is 0 Å². The van der Waals surface area contributed by atoms with E-state index in [0.717, 1.165) is 11.1 Å². The minimum atomic E-state index is -0.367. The van der Waals surface area contributed by atoms with Crippen molar-refractivity contribution in [2.45, 2.75) is 25.8 Å². The van der Waals surface area contributed by atoms with Gasteiger partial charge in [-0.15, -0.1) is 0 Å². The monoisotopic (exact) mass is 582 g/mol. The fraction of sp³-hybridized carbons (Fsp3) is 0.370. The van der Waals surface area contributed by atoms with Crippen molar-refractivity contribution in [3.05, 3.63) is 74.3 Å². The van der Waals surface area contributed by atoms with Crippen LogP contribution < -0.4 is 20.5 Å². The van der Waals surface area contributed by atoms with Gasteiger partial charge in [0, 0.05) is 37.9 Å². The SMILES string of the molecule is CSNC(=O)c1nc(Cl)ccc1NC(C)c1cc(C)cc2c(=O)n(C)c(N3CC4C(C3)C4c3[nH]ncc3F)nc12. The van der Waals surface area contributed by atoms with Crippen LogP contribution in [0.15, 0.2) is 35.3 Å². The molecule has 0 bridgehead atoms. The lowest BCUT2D eigenvalue weighted by atomic mass is 10.0. The Morgan fingerprint density at radius 1 is 1.25 bits per heavy atom. The van der Waals surface area contributed by atoms with Gasteiger partial charge in [0.25, 0.3) is 11.5 Å². The number of halogens is 2. The number of carbonyl (C=O) groups excluding carboxylic acids is 1. The molecule has 2 aliphatic rings. The van der Waals surface area contributed by atoms with Gasteiger partial charge in [-0.2, -0.15) is 5.10 Å². The van der Waals surface area contributed by atoms with Crippen LogP contribution in [-0.2, 0) is 7.05 Å². The molecule has 1 aliphatic heterocycles. The van der Waals surface area contributed by atoms with E-state index in [1.807, 2.05) is 26.0 Å². The van der Waals surface area contributed by atoms with Crippen molar-refractivity contribution in [3.8, 4) is 0 Å². The number of fused-ring (bicyclic) bond motifs is 2. The lowest BCUT2D eigenvalue weighted by Gasteiger charge is -2.25. The van der Waals surface area contributed by atoms with Crippen molar-refractivity contribution < 1.29 is 9.18 Å². The van der Waals surface area contributed by atoms with Crippen molar-refractivity contribution in [1.82, 2.24) is 29.5 Å². The summed E-state index contributed by atoms with van der Waals surface area (Å²) in [6.45, 7) is 5.25. The average Bonchev–Trinajstić information content (AvgIpc) is 3.22. The third kappa shape index (κ3) is 4.48. The van der Waals surface area contributed by atoms with Crippen LogP contribution >= 0.6 is 23.5 Å². The summed E-state index contributed by atoms with van der Waals surface area (Å²) in [6.07, 6.45) is 2.97. The molecule has 40 heavy (non-hydrogen) atoms. The van der Waals surface area contributed by atoms with Crippen LogP contribution in [0, 0.1) is 24.6 Å². The van der Waals surface area contributed by atoms with Crippen molar-refractivity contribution in [2.75, 3.05) is 29.6 Å². The summed E-state index contributed by atoms with van der Waals surface area (Å²) in [6, 6.07) is 6.86. The number of hydrogen-bond acceptors (Lipinski definition) is 8. The highest BCUT2D eigenvalue weighted by Gasteiger charge is 2.58. The molecule has 208 valence electrons. The molecule has 10 nitrogen and oxygen atoms in total. The molecule has 0 radical (unpaired) electrons. The number of nitrogens with zero attached hydrogens (tertiary/aromatic N) is 5. The number of aromatic nitrogens is 5. The molecule has 1 saturated carbocycles. The molecule has 13 heteroatoms. The Morgan fingerprint density at radius 3 is 2.67 bits per heavy atom. The Bertz CT molecular complexity index is 1700. The first kappa shape index (κ1) is 26.6. The number of nitrogens with one attached hydrogen (secondary N) is 3. The molecule has 3 unspecified atom stereocenters. The molecule has 1 aromatic carbocycles. The van der Waals surface area contributed by atoms with Gasteiger partial charge in [0.15, 0.2) is 11.5 Å². The van der Waals surface area contributed by atoms with Gasteiger partial charge in [-0.1, -0.05) is 29.6 Å². The second kappa shape index (κ2) is 10.1. The molecule has 3 atom stereocenters. The van der Waals surface area contributed by atoms with E-state index in [-0.39, 0.29) is 51.9 Å². The quantitative estimate of drug-likeness (QED) is 0.219. The molecule has 0 spiro atoms. The van der Waals surface area contributed by atoms with Crippen LogP contribution in [0.1, 0.15) is 46.2 Å². The molecule has 1 amide bonds. The number of carbonyl (C=O) groups is 1. The lowest BCUT2D eigenvalue weighted by Crippen LogP contribution is -2.32. The third-order valence-electron chi connectivity index (χ3n) is 7.87. The van der Waals surface area contributed by atoms with Crippen molar-refractivity contribution in [3.63, 3.8) is 0 Å². The highest BCUT2D eigenvalue weighted by atomic mass is 35.5. The Balaban J connectivity index is 1.34. The van der Waals surface area contributed by atoms with Gasteiger partial charge < -0.3 is 10.2 Å². The second-order valence-corrected chi connectivity index (χ2v) is 11.4. The number of rotatable bonds is 7. The van der Waals surface area contributed by atoms with E-state index in [1.165, 1.54) is 18.1 Å². The molecule has 3 N–H and O–H groups in total. The van der Waals surface area contributed by atoms with Crippen LogP contribution in [0.5, 0.6) is 0 Å². The van der Waals surface area contributed by atoms with Crippen LogP contribution in [0.25, 0.3) is 10.9 Å². The van der Waals surface area contributed by atoms with E-state index in [9.17, 15) is 14.0 Å². The highest BCUT2D eigenvalue weighted by Crippen LogP contribution is 2.58. The zero-order valence-corrected chi connectivity index (χ0v) is 23.9. The predicted molar refractivity (Wildman–Crippen MR) is 154 cm³/mol. The number of anilines is 2. The molecule has 1 aliphatic carbocycles. The van der Waals surface area contributed by atoms with Crippen molar-refractivity contribution in [1.29, 1.82) is 0 Å². The number of benzene rings is 1. The van der Waals surface area contributed by atoms with Gasteiger partial charge in [-0.25, -0.2) is 14.4 Å². The topological polar surface area (TPSA) is 121 Å². The van der Waals surface area contributed by atoms with Gasteiger partial charge in [0.05, 0.1) is 34.5 Å². The van der Waals surface area contributed by atoms with E-state index >= 15 is 0 Å². The molecular weight excluding hydrogens is 555 g/mol. The first-order chi connectivity index (χ1) is 19.2. The lowest BCUT2D eigenvalue weighted by molar-refractivity contribution is 0.0980. The number of pyridine rings is 1. The second-order valence-electron chi connectivity index (χ2n) is 10.4. The van der Waals surface area contributed by atoms with E-state index in [2.05, 4.69) is 30.1 Å². The molecular formula is C27H28ClFN8O2S. The summed E-state index contributed by atoms with van der Waals surface area (Å²) in [7, 11) is 1.74. The maximum Gasteiger partial charge on any atom is 0.281 e. The third-order valence-corrected chi connectivity index (χ3v) is 8.47. The van der Waals surface area contributed by atoms with Gasteiger partial charge in [0.2, 0.25) is 5.95 Å². The van der Waals surface area contributed by atoms with E-state index in [4.69, 9.17) is 16.6 Å². The van der Waals surface area contributed by atoms with Crippen LogP contribution in [0.3, 0.4) is 0 Å². The fourth-order valence-corrected chi connectivity index (χ4v) is 6.39. The van der Waals surface area contributed by atoms with Gasteiger partial charge >= 0.3 is 0 Å². The molecule has 3 aromatic heterocycles. The molecule has 4 heterocycles. The summed E-state index contributed by atoms with van der Waals surface area (Å²) < 4.78 is 18.4. The maximum atomic E-state index is 14.1. The van der Waals surface area contributed by atoms with Gasteiger partial charge in [-0.3, -0.25) is 24.0 Å². The number of H-pyrrole nitrogens is 1. The average molecular weight is 583 g/mol. The molecule has 6 rings (SSSR count). The Morgan fingerprint density at radius 2 is 2.00 bits per heavy atom. The van der Waals surface area contributed by atoms with Gasteiger partial charge in [0.1, 0.15) is 5.15 Å². The standard InChI is InChI=1S/C27H28ClFN8O2S/c1-12-7-14(13(2)31-19-5-6-20(28)32-24(19)25(38)35-40-4)22-15(8-12)26(39)36(3)27(33-22)37-10-16-17(11-37)21(16)23-18(29)9-30-34-23/h5-9,13,16-17,21,31H,10-11H2,1-4H3,(H,30,34)(H,35,38). The maximum absolute atomic E-state index is 14.1. The summed E-state index contributed by atoms with van der Waals surface area (Å²) in [5.41, 5.74) is 3.45. The first-order valence-electron chi connectivity index (χ1n) is 12.9. The number of hydrogen-bond donors (Lipinski definition) is 3.